The maximum Gasteiger partial charge on any atom is 0.213 e. The van der Waals surface area contributed by atoms with Crippen molar-refractivity contribution in [3.8, 4) is 0 Å². The Labute approximate surface area is 66.6 Å². The summed E-state index contributed by atoms with van der Waals surface area (Å²) in [6, 6.07) is 0. The third-order valence-electron chi connectivity index (χ3n) is 1.29. The molecule has 0 aliphatic carbocycles. The summed E-state index contributed by atoms with van der Waals surface area (Å²) < 4.78 is 4.99. The lowest BCUT2D eigenvalue weighted by Crippen LogP contribution is -1.90. The molecule has 0 N–H and O–H groups in total. The summed E-state index contributed by atoms with van der Waals surface area (Å²) >= 11 is 0. The lowest BCUT2D eigenvalue weighted by Gasteiger charge is -1.99. The van der Waals surface area contributed by atoms with Crippen molar-refractivity contribution in [2.45, 2.75) is 6.92 Å². The van der Waals surface area contributed by atoms with Gasteiger partial charge in [-0.25, -0.2) is 4.99 Å². The lowest BCUT2D eigenvalue weighted by molar-refractivity contribution is 0.288. The van der Waals surface area contributed by atoms with Gasteiger partial charge in [-0.15, -0.1) is 0 Å². The topological polar surface area (TPSA) is 21.6 Å². The van der Waals surface area contributed by atoms with E-state index in [-0.39, 0.29) is 0 Å². The van der Waals surface area contributed by atoms with E-state index in [9.17, 15) is 0 Å². The Morgan fingerprint density at radius 1 is 1.27 bits per heavy atom. The van der Waals surface area contributed by atoms with Crippen LogP contribution in [0.25, 0.3) is 0 Å². The number of nitrogens with zero attached hydrogens (tertiary/aromatic N) is 1. The first-order valence-corrected chi connectivity index (χ1v) is 3.47. The number of hydrogen-bond donors (Lipinski definition) is 0. The molecule has 0 unspecified atom stereocenters. The maximum atomic E-state index is 4.99. The van der Waals surface area contributed by atoms with Crippen LogP contribution in [0, 0.1) is 0 Å². The van der Waals surface area contributed by atoms with Crippen LogP contribution in [0.15, 0.2) is 41.3 Å². The van der Waals surface area contributed by atoms with Crippen molar-refractivity contribution in [3.05, 3.63) is 36.3 Å². The third-order valence-corrected chi connectivity index (χ3v) is 1.29. The second-order valence-electron chi connectivity index (χ2n) is 2.21. The van der Waals surface area contributed by atoms with Gasteiger partial charge in [0.05, 0.1) is 7.11 Å². The van der Waals surface area contributed by atoms with Crippen LogP contribution >= 0.6 is 0 Å². The highest BCUT2D eigenvalue weighted by molar-refractivity contribution is 5.93. The fourth-order valence-corrected chi connectivity index (χ4v) is 0.759. The number of aliphatic imine (C=N–C) groups is 1. The summed E-state index contributed by atoms with van der Waals surface area (Å²) in [7, 11) is 1.61. The maximum absolute atomic E-state index is 4.99. The highest BCUT2D eigenvalue weighted by Crippen LogP contribution is 2.01. The summed E-state index contributed by atoms with van der Waals surface area (Å²) in [5, 5.41) is 0. The summed E-state index contributed by atoms with van der Waals surface area (Å²) in [5.41, 5.74) is 0.947. The normalized spacial score (nSPS) is 16.5. The molecule has 58 valence electrons. The van der Waals surface area contributed by atoms with Gasteiger partial charge in [0.25, 0.3) is 0 Å². The van der Waals surface area contributed by atoms with E-state index in [4.69, 9.17) is 4.74 Å². The van der Waals surface area contributed by atoms with Crippen molar-refractivity contribution in [2.24, 2.45) is 4.99 Å². The van der Waals surface area contributed by atoms with Crippen LogP contribution in [0.1, 0.15) is 6.92 Å². The van der Waals surface area contributed by atoms with Gasteiger partial charge in [-0.1, -0.05) is 18.2 Å². The largest absolute Gasteiger partial charge is 0.481 e. The van der Waals surface area contributed by atoms with E-state index in [2.05, 4.69) is 4.99 Å². The summed E-state index contributed by atoms with van der Waals surface area (Å²) in [5.74, 6) is 0.642. The van der Waals surface area contributed by atoms with Crippen LogP contribution in [-0.4, -0.2) is 12.8 Å². The molecule has 0 aromatic rings. The van der Waals surface area contributed by atoms with Gasteiger partial charge in [0.15, 0.2) is 0 Å². The second-order valence-corrected chi connectivity index (χ2v) is 2.21. The van der Waals surface area contributed by atoms with Gasteiger partial charge in [0, 0.05) is 11.8 Å². The molecule has 1 rings (SSSR count). The number of rotatable bonds is 1. The average molecular weight is 149 g/mol. The van der Waals surface area contributed by atoms with E-state index in [0.29, 0.717) is 5.88 Å². The van der Waals surface area contributed by atoms with Crippen molar-refractivity contribution in [1.29, 1.82) is 0 Å². The average Bonchev–Trinajstić information content (AvgIpc) is 1.96. The van der Waals surface area contributed by atoms with E-state index >= 15 is 0 Å². The van der Waals surface area contributed by atoms with Gasteiger partial charge in [-0.3, -0.25) is 0 Å². The molecule has 0 fully saturated rings. The van der Waals surface area contributed by atoms with Crippen LogP contribution < -0.4 is 0 Å². The lowest BCUT2D eigenvalue weighted by atomic mass is 10.3. The number of allylic oxidation sites excluding steroid dienone is 5. The third kappa shape index (κ3) is 2.42. The predicted molar refractivity (Wildman–Crippen MR) is 46.5 cm³/mol. The van der Waals surface area contributed by atoms with Gasteiger partial charge < -0.3 is 4.74 Å². The van der Waals surface area contributed by atoms with E-state index < -0.39 is 0 Å². The minimum atomic E-state index is 0.642. The molecular weight excluding hydrogens is 138 g/mol. The molecule has 0 amide bonds. The van der Waals surface area contributed by atoms with Gasteiger partial charge in [-0.05, 0) is 13.0 Å². The Kier molecular flexibility index (Phi) is 2.66. The van der Waals surface area contributed by atoms with E-state index in [1.54, 1.807) is 7.11 Å². The molecule has 1 aliphatic heterocycles. The number of ether oxygens (including phenoxy) is 1. The van der Waals surface area contributed by atoms with Crippen molar-refractivity contribution in [2.75, 3.05) is 7.11 Å². The number of hydrogen-bond acceptors (Lipinski definition) is 2. The van der Waals surface area contributed by atoms with E-state index in [0.717, 1.165) is 5.71 Å². The SMILES string of the molecule is COC1=CC=CC=CC(C)=N1. The van der Waals surface area contributed by atoms with Crippen molar-refractivity contribution in [3.63, 3.8) is 0 Å². The van der Waals surface area contributed by atoms with E-state index in [1.807, 2.05) is 37.3 Å². The molecule has 0 saturated carbocycles. The van der Waals surface area contributed by atoms with Crippen LogP contribution in [0.2, 0.25) is 0 Å². The molecule has 11 heavy (non-hydrogen) atoms. The Balaban J connectivity index is 2.86. The Morgan fingerprint density at radius 2 is 2.09 bits per heavy atom. The summed E-state index contributed by atoms with van der Waals surface area (Å²) in [4.78, 5) is 4.17. The summed E-state index contributed by atoms with van der Waals surface area (Å²) in [6.07, 6.45) is 9.54. The second kappa shape index (κ2) is 3.76. The summed E-state index contributed by atoms with van der Waals surface area (Å²) in [6.45, 7) is 1.93. The molecular formula is C9H11NO. The Hall–Kier alpha value is -1.31. The minimum Gasteiger partial charge on any atom is -0.481 e. The highest BCUT2D eigenvalue weighted by atomic mass is 16.5. The van der Waals surface area contributed by atoms with Gasteiger partial charge in [0.2, 0.25) is 5.88 Å². The zero-order valence-electron chi connectivity index (χ0n) is 6.74. The highest BCUT2D eigenvalue weighted by Gasteiger charge is 1.91. The Bertz CT molecular complexity index is 246. The first-order chi connectivity index (χ1) is 5.33. The smallest absolute Gasteiger partial charge is 0.213 e. The first kappa shape index (κ1) is 7.79. The monoisotopic (exact) mass is 149 g/mol. The van der Waals surface area contributed by atoms with E-state index in [1.165, 1.54) is 0 Å². The van der Waals surface area contributed by atoms with Gasteiger partial charge >= 0.3 is 0 Å². The standard InChI is InChI=1S/C9H11NO/c1-8-6-4-3-5-7-9(10-8)11-2/h3-7H,1-2H3. The minimum absolute atomic E-state index is 0.642. The molecule has 0 aromatic heterocycles. The van der Waals surface area contributed by atoms with Crippen LogP contribution in [0.5, 0.6) is 0 Å². The fraction of sp³-hybridized carbons (Fsp3) is 0.222. The molecule has 2 nitrogen and oxygen atoms in total. The van der Waals surface area contributed by atoms with Crippen LogP contribution in [-0.2, 0) is 4.74 Å². The van der Waals surface area contributed by atoms with Gasteiger partial charge in [-0.2, -0.15) is 0 Å². The molecule has 0 radical (unpaired) electrons. The molecule has 0 spiro atoms. The molecule has 0 aromatic carbocycles. The zero-order valence-corrected chi connectivity index (χ0v) is 6.74. The molecule has 0 bridgehead atoms. The quantitative estimate of drug-likeness (QED) is 0.559. The van der Waals surface area contributed by atoms with Crippen molar-refractivity contribution < 1.29 is 4.74 Å². The molecule has 2 heteroatoms. The van der Waals surface area contributed by atoms with Crippen molar-refractivity contribution >= 4 is 5.71 Å². The Morgan fingerprint density at radius 3 is 2.82 bits per heavy atom. The first-order valence-electron chi connectivity index (χ1n) is 3.47. The molecule has 0 saturated heterocycles. The molecule has 1 aliphatic rings. The molecule has 0 atom stereocenters. The van der Waals surface area contributed by atoms with Crippen LogP contribution in [0.3, 0.4) is 0 Å². The fourth-order valence-electron chi connectivity index (χ4n) is 0.759. The molecule has 1 heterocycles. The zero-order chi connectivity index (χ0) is 8.10. The van der Waals surface area contributed by atoms with Crippen molar-refractivity contribution in [1.82, 2.24) is 0 Å². The van der Waals surface area contributed by atoms with Crippen LogP contribution in [0.4, 0.5) is 0 Å². The van der Waals surface area contributed by atoms with Gasteiger partial charge in [0.1, 0.15) is 0 Å². The number of methoxy groups -OCH3 is 1. The predicted octanol–water partition coefficient (Wildman–Crippen LogP) is 2.06.